The zero-order valence-corrected chi connectivity index (χ0v) is 17.5. The molecule has 0 saturated carbocycles. The van der Waals surface area contributed by atoms with Crippen LogP contribution in [0.1, 0.15) is 24.8 Å². The molecule has 1 aliphatic rings. The van der Waals surface area contributed by atoms with Crippen molar-refractivity contribution in [2.75, 3.05) is 44.2 Å². The molecule has 2 aromatic rings. The fraction of sp³-hybridized carbons (Fsp3) is 0.455. The van der Waals surface area contributed by atoms with E-state index in [0.29, 0.717) is 6.61 Å². The number of aromatic nitrogens is 1. The molecule has 0 aliphatic carbocycles. The molecule has 29 heavy (non-hydrogen) atoms. The van der Waals surface area contributed by atoms with Crippen molar-refractivity contribution in [3.05, 3.63) is 54.2 Å². The van der Waals surface area contributed by atoms with Crippen molar-refractivity contribution in [1.29, 1.82) is 0 Å². The highest BCUT2D eigenvalue weighted by atomic mass is 35.5. The second-order valence-electron chi connectivity index (χ2n) is 7.11. The van der Waals surface area contributed by atoms with Gasteiger partial charge in [0.1, 0.15) is 18.2 Å². The summed E-state index contributed by atoms with van der Waals surface area (Å²) in [6, 6.07) is 14.2. The quantitative estimate of drug-likeness (QED) is 0.594. The lowest BCUT2D eigenvalue weighted by atomic mass is 10.1. The number of aryl methyl sites for hydroxylation is 1. The molecule has 0 bridgehead atoms. The Morgan fingerprint density at radius 1 is 1.03 bits per heavy atom. The molecule has 1 saturated heterocycles. The third-order valence-corrected chi connectivity index (χ3v) is 5.05. The van der Waals surface area contributed by atoms with Gasteiger partial charge in [0.05, 0.1) is 0 Å². The SMILES string of the molecule is Cl.O=C(O)CCCCc1ccc(OCCN2CCN(c3ccccn3)CC2)cc1. The molecule has 158 valence electrons. The van der Waals surface area contributed by atoms with E-state index in [1.165, 1.54) is 5.56 Å². The van der Waals surface area contributed by atoms with Gasteiger partial charge < -0.3 is 14.7 Å². The van der Waals surface area contributed by atoms with E-state index in [1.807, 2.05) is 30.5 Å². The van der Waals surface area contributed by atoms with Crippen LogP contribution in [-0.4, -0.2) is 60.3 Å². The highest BCUT2D eigenvalue weighted by Gasteiger charge is 2.17. The first kappa shape index (κ1) is 23.0. The first-order valence-corrected chi connectivity index (χ1v) is 10.0. The lowest BCUT2D eigenvalue weighted by Crippen LogP contribution is -2.47. The van der Waals surface area contributed by atoms with Crippen molar-refractivity contribution in [2.24, 2.45) is 0 Å². The van der Waals surface area contributed by atoms with Crippen LogP contribution in [0.2, 0.25) is 0 Å². The van der Waals surface area contributed by atoms with E-state index in [4.69, 9.17) is 9.84 Å². The second kappa shape index (κ2) is 12.3. The number of hydrogen-bond donors (Lipinski definition) is 1. The van der Waals surface area contributed by atoms with Gasteiger partial charge in [-0.3, -0.25) is 9.69 Å². The summed E-state index contributed by atoms with van der Waals surface area (Å²) in [7, 11) is 0. The van der Waals surface area contributed by atoms with Crippen LogP contribution in [-0.2, 0) is 11.2 Å². The summed E-state index contributed by atoms with van der Waals surface area (Å²) >= 11 is 0. The van der Waals surface area contributed by atoms with Gasteiger partial charge in [0.2, 0.25) is 0 Å². The minimum absolute atomic E-state index is 0. The number of hydrogen-bond acceptors (Lipinski definition) is 5. The monoisotopic (exact) mass is 419 g/mol. The van der Waals surface area contributed by atoms with Gasteiger partial charge in [-0.25, -0.2) is 4.98 Å². The predicted octanol–water partition coefficient (Wildman–Crippen LogP) is 3.50. The van der Waals surface area contributed by atoms with Crippen LogP contribution < -0.4 is 9.64 Å². The Kier molecular flexibility index (Phi) is 9.74. The molecule has 1 N–H and O–H groups in total. The number of aliphatic carboxylic acids is 1. The number of rotatable bonds is 10. The number of piperazine rings is 1. The van der Waals surface area contributed by atoms with Crippen LogP contribution in [0.3, 0.4) is 0 Å². The molecule has 3 rings (SSSR count). The van der Waals surface area contributed by atoms with Crippen LogP contribution >= 0.6 is 12.4 Å². The summed E-state index contributed by atoms with van der Waals surface area (Å²) in [5.74, 6) is 1.23. The predicted molar refractivity (Wildman–Crippen MR) is 117 cm³/mol. The smallest absolute Gasteiger partial charge is 0.303 e. The molecular weight excluding hydrogens is 390 g/mol. The molecule has 6 nitrogen and oxygen atoms in total. The Hall–Kier alpha value is -2.31. The van der Waals surface area contributed by atoms with Crippen LogP contribution in [0.5, 0.6) is 5.75 Å². The van der Waals surface area contributed by atoms with Crippen molar-refractivity contribution < 1.29 is 14.6 Å². The molecule has 0 radical (unpaired) electrons. The Morgan fingerprint density at radius 2 is 1.79 bits per heavy atom. The minimum atomic E-state index is -0.720. The normalized spacial score (nSPS) is 14.3. The summed E-state index contributed by atoms with van der Waals surface area (Å²) in [6.07, 6.45) is 4.63. The van der Waals surface area contributed by atoms with Gasteiger partial charge in [0.25, 0.3) is 0 Å². The maximum atomic E-state index is 10.5. The van der Waals surface area contributed by atoms with Gasteiger partial charge in [-0.2, -0.15) is 0 Å². The zero-order chi connectivity index (χ0) is 19.6. The van der Waals surface area contributed by atoms with Gasteiger partial charge >= 0.3 is 5.97 Å². The summed E-state index contributed by atoms with van der Waals surface area (Å²) in [4.78, 5) is 19.7. The molecule has 2 heterocycles. The molecule has 0 spiro atoms. The second-order valence-corrected chi connectivity index (χ2v) is 7.11. The van der Waals surface area contributed by atoms with Crippen molar-refractivity contribution in [3.63, 3.8) is 0 Å². The van der Waals surface area contributed by atoms with Gasteiger partial charge in [-0.15, -0.1) is 12.4 Å². The molecule has 0 atom stereocenters. The Bertz CT molecular complexity index is 720. The van der Waals surface area contributed by atoms with E-state index in [9.17, 15) is 4.79 Å². The number of carbonyl (C=O) groups is 1. The summed E-state index contributed by atoms with van der Waals surface area (Å²) < 4.78 is 5.89. The van der Waals surface area contributed by atoms with E-state index in [-0.39, 0.29) is 18.8 Å². The number of unbranched alkanes of at least 4 members (excludes halogenated alkanes) is 1. The number of pyridine rings is 1. The number of halogens is 1. The number of benzene rings is 1. The first-order chi connectivity index (χ1) is 13.7. The van der Waals surface area contributed by atoms with E-state index in [0.717, 1.165) is 63.6 Å². The van der Waals surface area contributed by atoms with Crippen molar-refractivity contribution in [3.8, 4) is 5.75 Å². The van der Waals surface area contributed by atoms with Crippen molar-refractivity contribution >= 4 is 24.2 Å². The van der Waals surface area contributed by atoms with Crippen LogP contribution in [0.25, 0.3) is 0 Å². The van der Waals surface area contributed by atoms with E-state index in [2.05, 4.69) is 33.0 Å². The first-order valence-electron chi connectivity index (χ1n) is 10.0. The van der Waals surface area contributed by atoms with E-state index < -0.39 is 5.97 Å². The molecule has 1 aromatic carbocycles. The summed E-state index contributed by atoms with van der Waals surface area (Å²) in [5, 5.41) is 8.66. The van der Waals surface area contributed by atoms with Gasteiger partial charge in [-0.05, 0) is 49.1 Å². The average molecular weight is 420 g/mol. The zero-order valence-electron chi connectivity index (χ0n) is 16.7. The molecule has 0 unspecified atom stereocenters. The molecule has 1 aliphatic heterocycles. The lowest BCUT2D eigenvalue weighted by molar-refractivity contribution is -0.137. The number of carboxylic acid groups (broad SMARTS) is 1. The van der Waals surface area contributed by atoms with Gasteiger partial charge in [-0.1, -0.05) is 18.2 Å². The molecule has 7 heteroatoms. The largest absolute Gasteiger partial charge is 0.492 e. The highest BCUT2D eigenvalue weighted by molar-refractivity contribution is 5.85. The maximum absolute atomic E-state index is 10.5. The molecule has 1 aromatic heterocycles. The van der Waals surface area contributed by atoms with E-state index >= 15 is 0 Å². The Morgan fingerprint density at radius 3 is 2.45 bits per heavy atom. The van der Waals surface area contributed by atoms with E-state index in [1.54, 1.807) is 0 Å². The van der Waals surface area contributed by atoms with Crippen molar-refractivity contribution in [1.82, 2.24) is 9.88 Å². The topological polar surface area (TPSA) is 65.9 Å². The lowest BCUT2D eigenvalue weighted by Gasteiger charge is -2.35. The fourth-order valence-electron chi connectivity index (χ4n) is 3.39. The Labute approximate surface area is 178 Å². The van der Waals surface area contributed by atoms with Gasteiger partial charge in [0, 0.05) is 45.3 Å². The number of carboxylic acids is 1. The third kappa shape index (κ3) is 7.91. The molecule has 1 fully saturated rings. The van der Waals surface area contributed by atoms with Crippen LogP contribution in [0.4, 0.5) is 5.82 Å². The number of anilines is 1. The Balaban J connectivity index is 0.00000300. The van der Waals surface area contributed by atoms with Crippen LogP contribution in [0.15, 0.2) is 48.7 Å². The number of nitrogens with zero attached hydrogens (tertiary/aromatic N) is 3. The standard InChI is InChI=1S/C22H29N3O3.ClH/c26-22(27)7-2-1-5-19-8-10-20(11-9-19)28-18-17-24-13-15-25(16-14-24)21-6-3-4-12-23-21;/h3-4,6,8-12H,1-2,5,7,13-18H2,(H,26,27);1H. The molecule has 0 amide bonds. The average Bonchev–Trinajstić information content (AvgIpc) is 2.73. The fourth-order valence-corrected chi connectivity index (χ4v) is 3.39. The van der Waals surface area contributed by atoms with Crippen LogP contribution in [0, 0.1) is 0 Å². The maximum Gasteiger partial charge on any atom is 0.303 e. The number of ether oxygens (including phenoxy) is 1. The third-order valence-electron chi connectivity index (χ3n) is 5.05. The molecular formula is C22H30ClN3O3. The summed E-state index contributed by atoms with van der Waals surface area (Å²) in [5.41, 5.74) is 1.23. The summed E-state index contributed by atoms with van der Waals surface area (Å²) in [6.45, 7) is 5.64. The van der Waals surface area contributed by atoms with Crippen molar-refractivity contribution in [2.45, 2.75) is 25.7 Å². The highest BCUT2D eigenvalue weighted by Crippen LogP contribution is 2.15. The minimum Gasteiger partial charge on any atom is -0.492 e. The van der Waals surface area contributed by atoms with Gasteiger partial charge in [0.15, 0.2) is 0 Å².